The smallest absolute Gasteiger partial charge is 0.326 e. The Kier molecular flexibility index (Phi) is 8.07. The van der Waals surface area contributed by atoms with E-state index in [0.717, 1.165) is 12.8 Å². The number of carbonyl (C=O) groups excluding carboxylic acids is 1. The van der Waals surface area contributed by atoms with Gasteiger partial charge in [-0.3, -0.25) is 0 Å². The number of hydrogen-bond acceptors (Lipinski definition) is 4. The maximum absolute atomic E-state index is 12.1. The second kappa shape index (κ2) is 9.57. The highest BCUT2D eigenvalue weighted by Gasteiger charge is 2.26. The Bertz CT molecular complexity index is 329. The van der Waals surface area contributed by atoms with E-state index in [0.29, 0.717) is 39.1 Å². The highest BCUT2D eigenvalue weighted by molar-refractivity contribution is 5.82. The van der Waals surface area contributed by atoms with Gasteiger partial charge in [-0.2, -0.15) is 0 Å². The molecule has 1 saturated heterocycles. The topological polar surface area (TPSA) is 88.1 Å². The second-order valence-corrected chi connectivity index (χ2v) is 5.12. The molecule has 1 aliphatic rings. The molecule has 0 bridgehead atoms. The number of rotatable bonds is 8. The van der Waals surface area contributed by atoms with Gasteiger partial charge < -0.3 is 24.8 Å². The molecule has 1 heterocycles. The molecule has 1 atom stereocenters. The Hall–Kier alpha value is -1.34. The first kappa shape index (κ1) is 17.7. The Labute approximate surface area is 125 Å². The molecule has 7 nitrogen and oxygen atoms in total. The largest absolute Gasteiger partial charge is 0.480 e. The van der Waals surface area contributed by atoms with Crippen molar-refractivity contribution in [3.63, 3.8) is 0 Å². The SMILES string of the molecule is CCOC1CCN(C(=O)NC(CCCOC)C(=O)O)CC1. The van der Waals surface area contributed by atoms with Crippen LogP contribution < -0.4 is 5.32 Å². The number of amides is 2. The van der Waals surface area contributed by atoms with Gasteiger partial charge in [0, 0.05) is 33.4 Å². The van der Waals surface area contributed by atoms with Crippen molar-refractivity contribution in [2.24, 2.45) is 0 Å². The van der Waals surface area contributed by atoms with Crippen LogP contribution in [0, 0.1) is 0 Å². The van der Waals surface area contributed by atoms with Crippen molar-refractivity contribution in [2.45, 2.75) is 44.8 Å². The number of carbonyl (C=O) groups is 2. The van der Waals surface area contributed by atoms with E-state index in [1.54, 1.807) is 12.0 Å². The summed E-state index contributed by atoms with van der Waals surface area (Å²) in [6.07, 6.45) is 2.76. The van der Waals surface area contributed by atoms with Crippen LogP contribution in [0.5, 0.6) is 0 Å². The van der Waals surface area contributed by atoms with Crippen LogP contribution >= 0.6 is 0 Å². The summed E-state index contributed by atoms with van der Waals surface area (Å²) >= 11 is 0. The summed E-state index contributed by atoms with van der Waals surface area (Å²) in [6, 6.07) is -1.17. The number of methoxy groups -OCH3 is 1. The summed E-state index contributed by atoms with van der Waals surface area (Å²) in [7, 11) is 1.57. The first-order valence-electron chi connectivity index (χ1n) is 7.47. The Morgan fingerprint density at radius 1 is 1.38 bits per heavy atom. The van der Waals surface area contributed by atoms with Crippen LogP contribution in [0.15, 0.2) is 0 Å². The lowest BCUT2D eigenvalue weighted by Crippen LogP contribution is -2.51. The molecule has 0 aromatic rings. The average molecular weight is 302 g/mol. The molecule has 7 heteroatoms. The molecule has 1 fully saturated rings. The third kappa shape index (κ3) is 6.31. The fourth-order valence-electron chi connectivity index (χ4n) is 2.39. The Morgan fingerprint density at radius 2 is 2.05 bits per heavy atom. The zero-order chi connectivity index (χ0) is 15.7. The van der Waals surface area contributed by atoms with E-state index in [2.05, 4.69) is 5.32 Å². The van der Waals surface area contributed by atoms with Gasteiger partial charge in [-0.1, -0.05) is 0 Å². The van der Waals surface area contributed by atoms with E-state index < -0.39 is 12.0 Å². The number of nitrogens with zero attached hydrogens (tertiary/aromatic N) is 1. The van der Waals surface area contributed by atoms with Crippen LogP contribution in [-0.4, -0.2) is 67.6 Å². The molecule has 1 rings (SSSR count). The van der Waals surface area contributed by atoms with Gasteiger partial charge in [-0.15, -0.1) is 0 Å². The number of likely N-dealkylation sites (tertiary alicyclic amines) is 1. The average Bonchev–Trinajstić information content (AvgIpc) is 2.47. The number of hydrogen-bond donors (Lipinski definition) is 2. The molecule has 0 saturated carbocycles. The predicted octanol–water partition coefficient (Wildman–Crippen LogP) is 1.08. The quantitative estimate of drug-likeness (QED) is 0.655. The lowest BCUT2D eigenvalue weighted by atomic mass is 10.1. The van der Waals surface area contributed by atoms with Crippen LogP contribution in [0.2, 0.25) is 0 Å². The second-order valence-electron chi connectivity index (χ2n) is 5.12. The third-order valence-electron chi connectivity index (χ3n) is 3.57. The molecule has 1 unspecified atom stereocenters. The van der Waals surface area contributed by atoms with Gasteiger partial charge >= 0.3 is 12.0 Å². The zero-order valence-corrected chi connectivity index (χ0v) is 12.8. The molecule has 0 aromatic carbocycles. The minimum absolute atomic E-state index is 0.205. The third-order valence-corrected chi connectivity index (χ3v) is 3.57. The molecule has 0 radical (unpaired) electrons. The van der Waals surface area contributed by atoms with E-state index in [1.165, 1.54) is 0 Å². The molecule has 0 aromatic heterocycles. The normalized spacial score (nSPS) is 17.5. The fourth-order valence-corrected chi connectivity index (χ4v) is 2.39. The number of piperidine rings is 1. The first-order valence-corrected chi connectivity index (χ1v) is 7.47. The summed E-state index contributed by atoms with van der Waals surface area (Å²) in [5, 5.41) is 11.7. The van der Waals surface area contributed by atoms with Crippen molar-refractivity contribution >= 4 is 12.0 Å². The van der Waals surface area contributed by atoms with Crippen molar-refractivity contribution in [1.29, 1.82) is 0 Å². The number of nitrogens with one attached hydrogen (secondary N) is 1. The van der Waals surface area contributed by atoms with Crippen LogP contribution in [0.3, 0.4) is 0 Å². The van der Waals surface area contributed by atoms with Crippen LogP contribution in [0.4, 0.5) is 4.79 Å². The van der Waals surface area contributed by atoms with Gasteiger partial charge in [0.05, 0.1) is 6.10 Å². The van der Waals surface area contributed by atoms with Crippen molar-refractivity contribution in [1.82, 2.24) is 10.2 Å². The minimum atomic E-state index is -1.01. The molecule has 122 valence electrons. The number of carboxylic acids is 1. The van der Waals surface area contributed by atoms with Crippen molar-refractivity contribution in [3.05, 3.63) is 0 Å². The highest BCUT2D eigenvalue weighted by Crippen LogP contribution is 2.14. The summed E-state index contributed by atoms with van der Waals surface area (Å²) in [5.74, 6) is -1.01. The highest BCUT2D eigenvalue weighted by atomic mass is 16.5. The van der Waals surface area contributed by atoms with Gasteiger partial charge in [-0.05, 0) is 32.6 Å². The van der Waals surface area contributed by atoms with Crippen molar-refractivity contribution < 1.29 is 24.2 Å². The zero-order valence-electron chi connectivity index (χ0n) is 12.8. The molecular formula is C14H26N2O5. The van der Waals surface area contributed by atoms with Crippen LogP contribution in [-0.2, 0) is 14.3 Å². The van der Waals surface area contributed by atoms with E-state index in [1.807, 2.05) is 6.92 Å². The monoisotopic (exact) mass is 302 g/mol. The Morgan fingerprint density at radius 3 is 2.57 bits per heavy atom. The predicted molar refractivity (Wildman–Crippen MR) is 77.3 cm³/mol. The molecule has 2 amide bonds. The Balaban J connectivity index is 2.38. The van der Waals surface area contributed by atoms with E-state index in [9.17, 15) is 9.59 Å². The molecular weight excluding hydrogens is 276 g/mol. The maximum atomic E-state index is 12.1. The van der Waals surface area contributed by atoms with E-state index in [-0.39, 0.29) is 12.1 Å². The number of ether oxygens (including phenoxy) is 2. The van der Waals surface area contributed by atoms with Gasteiger partial charge in [0.2, 0.25) is 0 Å². The summed E-state index contributed by atoms with van der Waals surface area (Å²) in [6.45, 7) is 4.31. The van der Waals surface area contributed by atoms with Gasteiger partial charge in [-0.25, -0.2) is 9.59 Å². The number of aliphatic carboxylic acids is 1. The molecule has 0 spiro atoms. The van der Waals surface area contributed by atoms with Crippen LogP contribution in [0.25, 0.3) is 0 Å². The lowest BCUT2D eigenvalue weighted by Gasteiger charge is -2.32. The molecule has 21 heavy (non-hydrogen) atoms. The summed E-state index contributed by atoms with van der Waals surface area (Å²) < 4.78 is 10.4. The fraction of sp³-hybridized carbons (Fsp3) is 0.857. The standard InChI is InChI=1S/C14H26N2O5/c1-3-21-11-6-8-16(9-7-11)14(19)15-12(13(17)18)5-4-10-20-2/h11-12H,3-10H2,1-2H3,(H,15,19)(H,17,18). The summed E-state index contributed by atoms with van der Waals surface area (Å²) in [5.41, 5.74) is 0. The van der Waals surface area contributed by atoms with Crippen LogP contribution in [0.1, 0.15) is 32.6 Å². The van der Waals surface area contributed by atoms with Gasteiger partial charge in [0.1, 0.15) is 6.04 Å². The molecule has 1 aliphatic heterocycles. The van der Waals surface area contributed by atoms with E-state index >= 15 is 0 Å². The van der Waals surface area contributed by atoms with Crippen molar-refractivity contribution in [3.8, 4) is 0 Å². The molecule has 0 aliphatic carbocycles. The first-order chi connectivity index (χ1) is 10.1. The number of carboxylic acid groups (broad SMARTS) is 1. The molecule has 2 N–H and O–H groups in total. The maximum Gasteiger partial charge on any atom is 0.326 e. The lowest BCUT2D eigenvalue weighted by molar-refractivity contribution is -0.139. The van der Waals surface area contributed by atoms with Gasteiger partial charge in [0.15, 0.2) is 0 Å². The van der Waals surface area contributed by atoms with Gasteiger partial charge in [0.25, 0.3) is 0 Å². The number of urea groups is 1. The summed E-state index contributed by atoms with van der Waals surface area (Å²) in [4.78, 5) is 24.9. The van der Waals surface area contributed by atoms with E-state index in [4.69, 9.17) is 14.6 Å². The minimum Gasteiger partial charge on any atom is -0.480 e. The van der Waals surface area contributed by atoms with Crippen molar-refractivity contribution in [2.75, 3.05) is 33.4 Å².